The van der Waals surface area contributed by atoms with E-state index in [0.29, 0.717) is 46.1 Å². The maximum absolute atomic E-state index is 14.2. The minimum Gasteiger partial charge on any atom is -0.365 e. The van der Waals surface area contributed by atoms with Crippen LogP contribution in [0.3, 0.4) is 0 Å². The molecule has 3 heterocycles. The molecule has 6 nitrogen and oxygen atoms in total. The van der Waals surface area contributed by atoms with Gasteiger partial charge in [0.05, 0.1) is 11.8 Å². The van der Waals surface area contributed by atoms with Crippen molar-refractivity contribution in [2.75, 3.05) is 5.32 Å². The minimum atomic E-state index is -0.631. The van der Waals surface area contributed by atoms with Crippen molar-refractivity contribution >= 4 is 27.9 Å². The van der Waals surface area contributed by atoms with Gasteiger partial charge in [0, 0.05) is 36.3 Å². The Labute approximate surface area is 178 Å². The number of aromatic amines is 1. The summed E-state index contributed by atoms with van der Waals surface area (Å²) in [6, 6.07) is 2.54. The fourth-order valence-corrected chi connectivity index (χ4v) is 5.73. The second-order valence-electron chi connectivity index (χ2n) is 9.14. The summed E-state index contributed by atoms with van der Waals surface area (Å²) in [6.07, 6.45) is 8.47. The Bertz CT molecular complexity index is 1300. The molecule has 0 radical (unpaired) electrons. The van der Waals surface area contributed by atoms with Gasteiger partial charge in [-0.1, -0.05) is 6.92 Å². The molecule has 160 valence electrons. The standard InChI is InChI=1S/C23H24F2N6/c1-11-12-3-5-13(6-4-12)18(11)28-22-20-23(31(2)10-27-20)30-21(29-22)16-9-26-19-15(16)7-14(24)8-17(19)25/h7-13,18,26H,3-6H2,1-2H3,(H,28,29,30)/t11-,12?,13?,18+/m1/s1. The summed E-state index contributed by atoms with van der Waals surface area (Å²) in [5, 5.41) is 4.13. The number of anilines is 1. The van der Waals surface area contributed by atoms with Gasteiger partial charge in [0.2, 0.25) is 0 Å². The first-order valence-electron chi connectivity index (χ1n) is 10.9. The molecule has 1 aromatic carbocycles. The number of hydrogen-bond acceptors (Lipinski definition) is 4. The Hall–Kier alpha value is -3.03. The van der Waals surface area contributed by atoms with Crippen LogP contribution >= 0.6 is 0 Å². The summed E-state index contributed by atoms with van der Waals surface area (Å²) in [7, 11) is 1.88. The summed E-state index contributed by atoms with van der Waals surface area (Å²) < 4.78 is 30.0. The predicted octanol–water partition coefficient (Wildman–Crippen LogP) is 5.03. The van der Waals surface area contributed by atoms with Crippen molar-refractivity contribution in [3.63, 3.8) is 0 Å². The van der Waals surface area contributed by atoms with E-state index in [1.807, 2.05) is 11.6 Å². The van der Waals surface area contributed by atoms with E-state index in [2.05, 4.69) is 22.2 Å². The van der Waals surface area contributed by atoms with E-state index in [1.54, 1.807) is 12.5 Å². The first kappa shape index (κ1) is 18.7. The zero-order valence-electron chi connectivity index (χ0n) is 17.5. The van der Waals surface area contributed by atoms with E-state index in [1.165, 1.54) is 31.7 Å². The molecule has 3 saturated carbocycles. The smallest absolute Gasteiger partial charge is 0.166 e. The SMILES string of the molecule is C[C@@H]1C2CCC(CC2)[C@H]1Nc1nc(-c2c[nH]c3c(F)cc(F)cc23)nc2c1ncn2C. The lowest BCUT2D eigenvalue weighted by atomic mass is 9.62. The third-order valence-corrected chi connectivity index (χ3v) is 7.44. The van der Waals surface area contributed by atoms with Crippen LogP contribution < -0.4 is 5.32 Å². The number of benzene rings is 1. The van der Waals surface area contributed by atoms with Crippen LogP contribution in [-0.2, 0) is 7.05 Å². The first-order valence-corrected chi connectivity index (χ1v) is 10.9. The third-order valence-electron chi connectivity index (χ3n) is 7.44. The van der Waals surface area contributed by atoms with Gasteiger partial charge < -0.3 is 14.9 Å². The molecule has 2 atom stereocenters. The second-order valence-corrected chi connectivity index (χ2v) is 9.14. The summed E-state index contributed by atoms with van der Waals surface area (Å²) in [5.74, 6) is 1.81. The van der Waals surface area contributed by atoms with E-state index in [-0.39, 0.29) is 5.52 Å². The average Bonchev–Trinajstić information content (AvgIpc) is 3.35. The van der Waals surface area contributed by atoms with E-state index in [0.717, 1.165) is 17.5 Å². The van der Waals surface area contributed by atoms with Crippen molar-refractivity contribution in [2.45, 2.75) is 38.6 Å². The number of nitrogens with one attached hydrogen (secondary N) is 2. The lowest BCUT2D eigenvalue weighted by Gasteiger charge is -2.47. The summed E-state index contributed by atoms with van der Waals surface area (Å²) in [6.45, 7) is 2.33. The summed E-state index contributed by atoms with van der Waals surface area (Å²) in [4.78, 5) is 16.9. The molecular weight excluding hydrogens is 398 g/mol. The molecule has 4 aromatic rings. The third kappa shape index (κ3) is 2.84. The van der Waals surface area contributed by atoms with Gasteiger partial charge in [-0.15, -0.1) is 0 Å². The van der Waals surface area contributed by atoms with Crippen molar-refractivity contribution < 1.29 is 8.78 Å². The number of aromatic nitrogens is 5. The Morgan fingerprint density at radius 1 is 1.10 bits per heavy atom. The molecule has 3 fully saturated rings. The Morgan fingerprint density at radius 3 is 2.65 bits per heavy atom. The fraction of sp³-hybridized carbons (Fsp3) is 0.435. The molecule has 0 aliphatic heterocycles. The zero-order chi connectivity index (χ0) is 21.3. The summed E-state index contributed by atoms with van der Waals surface area (Å²) in [5.41, 5.74) is 2.22. The number of nitrogens with zero attached hydrogens (tertiary/aromatic N) is 4. The molecule has 3 aliphatic carbocycles. The number of imidazole rings is 1. The van der Waals surface area contributed by atoms with Gasteiger partial charge >= 0.3 is 0 Å². The van der Waals surface area contributed by atoms with Crippen molar-refractivity contribution in [1.82, 2.24) is 24.5 Å². The number of hydrogen-bond donors (Lipinski definition) is 2. The molecule has 3 aromatic heterocycles. The normalized spacial score (nSPS) is 25.5. The Kier molecular flexibility index (Phi) is 4.07. The van der Waals surface area contributed by atoms with E-state index < -0.39 is 11.6 Å². The maximum atomic E-state index is 14.2. The molecular formula is C23H24F2N6. The molecule has 3 aliphatic rings. The van der Waals surface area contributed by atoms with Crippen molar-refractivity contribution in [3.8, 4) is 11.4 Å². The number of rotatable bonds is 3. The van der Waals surface area contributed by atoms with Crippen LogP contribution in [0.5, 0.6) is 0 Å². The Balaban J connectivity index is 1.49. The Morgan fingerprint density at radius 2 is 1.87 bits per heavy atom. The lowest BCUT2D eigenvalue weighted by Crippen LogP contribution is -2.47. The highest BCUT2D eigenvalue weighted by molar-refractivity contribution is 5.96. The van der Waals surface area contributed by atoms with Crippen LogP contribution in [0.1, 0.15) is 32.6 Å². The highest BCUT2D eigenvalue weighted by atomic mass is 19.1. The van der Waals surface area contributed by atoms with Gasteiger partial charge in [-0.05, 0) is 49.5 Å². The molecule has 2 bridgehead atoms. The van der Waals surface area contributed by atoms with Crippen LogP contribution in [-0.4, -0.2) is 30.5 Å². The highest BCUT2D eigenvalue weighted by Crippen LogP contribution is 2.46. The lowest BCUT2D eigenvalue weighted by molar-refractivity contribution is 0.0928. The molecule has 0 unspecified atom stereocenters. The fourth-order valence-electron chi connectivity index (χ4n) is 5.73. The van der Waals surface area contributed by atoms with Gasteiger partial charge in [0.15, 0.2) is 17.3 Å². The van der Waals surface area contributed by atoms with Gasteiger partial charge in [0.1, 0.15) is 17.2 Å². The molecule has 7 rings (SSSR count). The average molecular weight is 422 g/mol. The number of fused-ring (bicyclic) bond motifs is 5. The minimum absolute atomic E-state index is 0.248. The van der Waals surface area contributed by atoms with Gasteiger partial charge in [0.25, 0.3) is 0 Å². The van der Waals surface area contributed by atoms with Crippen LogP contribution in [0.4, 0.5) is 14.6 Å². The quantitative estimate of drug-likeness (QED) is 0.486. The molecule has 8 heteroatoms. The monoisotopic (exact) mass is 422 g/mol. The first-order chi connectivity index (χ1) is 15.0. The number of aryl methyl sites for hydroxylation is 1. The van der Waals surface area contributed by atoms with Crippen LogP contribution in [0.25, 0.3) is 33.5 Å². The zero-order valence-corrected chi connectivity index (χ0v) is 17.5. The van der Waals surface area contributed by atoms with Crippen molar-refractivity contribution in [1.29, 1.82) is 0 Å². The van der Waals surface area contributed by atoms with E-state index in [4.69, 9.17) is 9.97 Å². The summed E-state index contributed by atoms with van der Waals surface area (Å²) >= 11 is 0. The van der Waals surface area contributed by atoms with E-state index in [9.17, 15) is 8.78 Å². The highest BCUT2D eigenvalue weighted by Gasteiger charge is 2.41. The predicted molar refractivity (Wildman–Crippen MR) is 116 cm³/mol. The molecule has 0 saturated heterocycles. The molecule has 31 heavy (non-hydrogen) atoms. The largest absolute Gasteiger partial charge is 0.365 e. The second kappa shape index (κ2) is 6.73. The van der Waals surface area contributed by atoms with E-state index >= 15 is 0 Å². The van der Waals surface area contributed by atoms with Gasteiger partial charge in [-0.2, -0.15) is 0 Å². The molecule has 2 N–H and O–H groups in total. The van der Waals surface area contributed by atoms with Crippen molar-refractivity contribution in [3.05, 3.63) is 36.3 Å². The van der Waals surface area contributed by atoms with Gasteiger partial charge in [-0.3, -0.25) is 0 Å². The number of halogens is 2. The topological polar surface area (TPSA) is 71.4 Å². The van der Waals surface area contributed by atoms with Crippen molar-refractivity contribution in [2.24, 2.45) is 24.8 Å². The molecule has 0 spiro atoms. The van der Waals surface area contributed by atoms with Crippen LogP contribution in [0.2, 0.25) is 0 Å². The number of H-pyrrole nitrogens is 1. The molecule has 0 amide bonds. The maximum Gasteiger partial charge on any atom is 0.166 e. The van der Waals surface area contributed by atoms with Crippen LogP contribution in [0.15, 0.2) is 24.7 Å². The van der Waals surface area contributed by atoms with Gasteiger partial charge in [-0.25, -0.2) is 23.7 Å². The van der Waals surface area contributed by atoms with Crippen LogP contribution in [0, 0.1) is 29.4 Å².